The maximum absolute atomic E-state index is 11.7. The SMILES string of the molecule is CN1CC(CN2CCC(c3nnc4ccc(-n5cccn5)nn34)CC2)CCC1=O. The number of aromatic nitrogens is 6. The van der Waals surface area contributed by atoms with Gasteiger partial charge >= 0.3 is 0 Å². The smallest absolute Gasteiger partial charge is 0.222 e. The van der Waals surface area contributed by atoms with Gasteiger partial charge in [0.1, 0.15) is 0 Å². The maximum Gasteiger partial charge on any atom is 0.222 e. The Balaban J connectivity index is 1.25. The van der Waals surface area contributed by atoms with E-state index in [2.05, 4.69) is 20.2 Å². The van der Waals surface area contributed by atoms with Crippen molar-refractivity contribution in [1.82, 2.24) is 39.4 Å². The van der Waals surface area contributed by atoms with Gasteiger partial charge in [0.25, 0.3) is 0 Å². The first-order chi connectivity index (χ1) is 14.2. The summed E-state index contributed by atoms with van der Waals surface area (Å²) < 4.78 is 3.62. The van der Waals surface area contributed by atoms with E-state index in [1.165, 1.54) is 0 Å². The van der Waals surface area contributed by atoms with E-state index in [9.17, 15) is 4.79 Å². The Bertz CT molecular complexity index is 989. The van der Waals surface area contributed by atoms with Gasteiger partial charge in [0, 0.05) is 44.9 Å². The van der Waals surface area contributed by atoms with Crippen LogP contribution >= 0.6 is 0 Å². The van der Waals surface area contributed by atoms with Crippen molar-refractivity contribution in [3.05, 3.63) is 36.4 Å². The van der Waals surface area contributed by atoms with Gasteiger partial charge in [0.05, 0.1) is 0 Å². The van der Waals surface area contributed by atoms with Gasteiger partial charge < -0.3 is 9.80 Å². The number of likely N-dealkylation sites (tertiary alicyclic amines) is 2. The van der Waals surface area contributed by atoms with Crippen LogP contribution in [0, 0.1) is 5.92 Å². The van der Waals surface area contributed by atoms with Crippen molar-refractivity contribution in [2.45, 2.75) is 31.6 Å². The van der Waals surface area contributed by atoms with E-state index in [4.69, 9.17) is 5.10 Å². The van der Waals surface area contributed by atoms with Crippen molar-refractivity contribution in [3.63, 3.8) is 0 Å². The maximum atomic E-state index is 11.7. The summed E-state index contributed by atoms with van der Waals surface area (Å²) in [7, 11) is 1.92. The van der Waals surface area contributed by atoms with Gasteiger partial charge in [0.15, 0.2) is 17.3 Å². The molecular weight excluding hydrogens is 368 g/mol. The second-order valence-electron chi connectivity index (χ2n) is 8.22. The van der Waals surface area contributed by atoms with Crippen LogP contribution in [0.3, 0.4) is 0 Å². The van der Waals surface area contributed by atoms with E-state index in [-0.39, 0.29) is 5.91 Å². The Labute approximate surface area is 169 Å². The molecule has 9 nitrogen and oxygen atoms in total. The Morgan fingerprint density at radius 3 is 2.76 bits per heavy atom. The van der Waals surface area contributed by atoms with Crippen LogP contribution in [0.25, 0.3) is 11.5 Å². The number of nitrogens with zero attached hydrogens (tertiary/aromatic N) is 8. The number of carbonyl (C=O) groups is 1. The van der Waals surface area contributed by atoms with Crippen LogP contribution in [0.15, 0.2) is 30.6 Å². The molecule has 1 amide bonds. The Kier molecular flexibility index (Phi) is 4.75. The fourth-order valence-corrected chi connectivity index (χ4v) is 4.56. The fourth-order valence-electron chi connectivity index (χ4n) is 4.56. The number of fused-ring (bicyclic) bond motifs is 1. The van der Waals surface area contributed by atoms with E-state index in [1.807, 2.05) is 40.9 Å². The first kappa shape index (κ1) is 18.2. The van der Waals surface area contributed by atoms with E-state index < -0.39 is 0 Å². The van der Waals surface area contributed by atoms with Crippen molar-refractivity contribution in [1.29, 1.82) is 0 Å². The molecule has 0 spiro atoms. The normalized spacial score (nSPS) is 21.9. The molecule has 5 heterocycles. The third-order valence-corrected chi connectivity index (χ3v) is 6.21. The van der Waals surface area contributed by atoms with Crippen LogP contribution in [0.4, 0.5) is 0 Å². The molecule has 1 atom stereocenters. The molecule has 29 heavy (non-hydrogen) atoms. The highest BCUT2D eigenvalue weighted by molar-refractivity contribution is 5.76. The summed E-state index contributed by atoms with van der Waals surface area (Å²) in [4.78, 5) is 16.1. The minimum atomic E-state index is 0.278. The van der Waals surface area contributed by atoms with Crippen molar-refractivity contribution >= 4 is 11.6 Å². The van der Waals surface area contributed by atoms with Crippen LogP contribution in [0.5, 0.6) is 0 Å². The van der Waals surface area contributed by atoms with Crippen LogP contribution in [-0.4, -0.2) is 78.5 Å². The number of carbonyl (C=O) groups excluding carboxylic acids is 1. The predicted molar refractivity (Wildman–Crippen MR) is 107 cm³/mol. The third kappa shape index (κ3) is 3.62. The minimum Gasteiger partial charge on any atom is -0.345 e. The third-order valence-electron chi connectivity index (χ3n) is 6.21. The van der Waals surface area contributed by atoms with E-state index in [1.54, 1.807) is 10.9 Å². The van der Waals surface area contributed by atoms with Crippen LogP contribution in [-0.2, 0) is 4.79 Å². The van der Waals surface area contributed by atoms with Gasteiger partial charge in [0.2, 0.25) is 5.91 Å². The average molecular weight is 394 g/mol. The molecule has 0 bridgehead atoms. The van der Waals surface area contributed by atoms with E-state index in [0.29, 0.717) is 18.3 Å². The fraction of sp³-hybridized carbons (Fsp3) is 0.550. The molecule has 3 aromatic rings. The first-order valence-electron chi connectivity index (χ1n) is 10.4. The topological polar surface area (TPSA) is 84.5 Å². The first-order valence-corrected chi connectivity index (χ1v) is 10.4. The number of piperidine rings is 2. The summed E-state index contributed by atoms with van der Waals surface area (Å²) in [5, 5.41) is 17.8. The monoisotopic (exact) mass is 394 g/mol. The highest BCUT2D eigenvalue weighted by Crippen LogP contribution is 2.28. The Morgan fingerprint density at radius 2 is 2.00 bits per heavy atom. The molecule has 3 aromatic heterocycles. The largest absolute Gasteiger partial charge is 0.345 e. The lowest BCUT2D eigenvalue weighted by Gasteiger charge is -2.36. The van der Waals surface area contributed by atoms with E-state index >= 15 is 0 Å². The van der Waals surface area contributed by atoms with Gasteiger partial charge in [-0.15, -0.1) is 15.3 Å². The average Bonchev–Trinajstić information content (AvgIpc) is 3.41. The minimum absolute atomic E-state index is 0.278. The quantitative estimate of drug-likeness (QED) is 0.664. The zero-order valence-electron chi connectivity index (χ0n) is 16.7. The van der Waals surface area contributed by atoms with E-state index in [0.717, 1.165) is 62.7 Å². The molecule has 152 valence electrons. The molecule has 2 aliphatic heterocycles. The zero-order valence-corrected chi connectivity index (χ0v) is 16.7. The van der Waals surface area contributed by atoms with Crippen LogP contribution in [0.1, 0.15) is 37.4 Å². The molecule has 5 rings (SSSR count). The molecule has 1 unspecified atom stereocenters. The zero-order chi connectivity index (χ0) is 19.8. The summed E-state index contributed by atoms with van der Waals surface area (Å²) in [5.41, 5.74) is 0.772. The summed E-state index contributed by atoms with van der Waals surface area (Å²) in [5.74, 6) is 2.92. The van der Waals surface area contributed by atoms with Gasteiger partial charge in [-0.05, 0) is 56.5 Å². The molecule has 0 N–H and O–H groups in total. The molecule has 2 aliphatic rings. The molecular formula is C20H26N8O. The van der Waals surface area contributed by atoms with Gasteiger partial charge in [-0.3, -0.25) is 4.79 Å². The lowest BCUT2D eigenvalue weighted by atomic mass is 9.93. The molecule has 2 saturated heterocycles. The van der Waals surface area contributed by atoms with Crippen LogP contribution in [0.2, 0.25) is 0 Å². The van der Waals surface area contributed by atoms with Crippen molar-refractivity contribution < 1.29 is 4.79 Å². The summed E-state index contributed by atoms with van der Waals surface area (Å²) >= 11 is 0. The van der Waals surface area contributed by atoms with Crippen molar-refractivity contribution in [2.24, 2.45) is 5.92 Å². The van der Waals surface area contributed by atoms with Gasteiger partial charge in [-0.25, -0.2) is 4.68 Å². The number of rotatable bonds is 4. The van der Waals surface area contributed by atoms with Crippen molar-refractivity contribution in [2.75, 3.05) is 33.2 Å². The molecule has 2 fully saturated rings. The second kappa shape index (κ2) is 7.55. The standard InChI is InChI=1S/C20H26N8O/c1-25-13-15(3-6-19(25)29)14-26-11-7-16(8-12-26)20-23-22-17-4-5-18(24-28(17)20)27-10-2-9-21-27/h2,4-5,9-10,15-16H,3,6-8,11-14H2,1H3. The second-order valence-corrected chi connectivity index (χ2v) is 8.22. The molecule has 9 heteroatoms. The number of amides is 1. The number of hydrogen-bond donors (Lipinski definition) is 0. The van der Waals surface area contributed by atoms with Gasteiger partial charge in [-0.1, -0.05) is 0 Å². The molecule has 0 aliphatic carbocycles. The number of hydrogen-bond acceptors (Lipinski definition) is 6. The highest BCUT2D eigenvalue weighted by atomic mass is 16.2. The summed E-state index contributed by atoms with van der Waals surface area (Å²) in [6.07, 6.45) is 7.43. The summed E-state index contributed by atoms with van der Waals surface area (Å²) in [6.45, 7) is 4.06. The highest BCUT2D eigenvalue weighted by Gasteiger charge is 2.29. The molecule has 0 aromatic carbocycles. The molecule has 0 radical (unpaired) electrons. The Hall–Kier alpha value is -2.81. The summed E-state index contributed by atoms with van der Waals surface area (Å²) in [6, 6.07) is 5.74. The lowest BCUT2D eigenvalue weighted by Crippen LogP contribution is -2.44. The predicted octanol–water partition coefficient (Wildman–Crippen LogP) is 1.36. The van der Waals surface area contributed by atoms with Gasteiger partial charge in [-0.2, -0.15) is 9.61 Å². The Morgan fingerprint density at radius 1 is 1.14 bits per heavy atom. The lowest BCUT2D eigenvalue weighted by molar-refractivity contribution is -0.133. The van der Waals surface area contributed by atoms with Crippen molar-refractivity contribution in [3.8, 4) is 5.82 Å². The molecule has 0 saturated carbocycles. The van der Waals surface area contributed by atoms with Crippen LogP contribution < -0.4 is 0 Å².